The minimum absolute atomic E-state index is 0.0168. The number of benzene rings is 2. The van der Waals surface area contributed by atoms with E-state index in [1.54, 1.807) is 25.1 Å². The highest BCUT2D eigenvalue weighted by Gasteiger charge is 2.86. The molecule has 3 aliphatic heterocycles. The molecule has 12 heteroatoms. The number of methoxy groups -OCH3 is 1. The lowest BCUT2D eigenvalue weighted by atomic mass is 9.44. The topological polar surface area (TPSA) is 179 Å². The van der Waals surface area contributed by atoms with Crippen LogP contribution in [0, 0.1) is 29.1 Å². The molecule has 4 aliphatic carbocycles. The second-order valence-corrected chi connectivity index (χ2v) is 18.8. The van der Waals surface area contributed by atoms with Crippen molar-refractivity contribution in [2.45, 2.75) is 131 Å². The standard InChI is InChI=1S/C43H57NO11/c1-25-10-15-33-38(3,47)43(51)32(21-44(33)20-25)41(50)23-42-31(40(41,49)19-34(43)45)14-13-30-37(42,2)17-16-35(39(30,48)24-54-42)55-36(46)27-11-12-28(29(18-27)52-4)53-22-26-8-6-5-7-9-26/h5-9,11-12,18,25,30-35,45,47-51H,10,13-17,19-24H2,1-4H3/t25-,30-,31-,32-,33-,34-,35-,37-,38+,39-,40+,41+,42+,43-/m0/s1. The van der Waals surface area contributed by atoms with Gasteiger partial charge in [-0.15, -0.1) is 0 Å². The third-order valence-corrected chi connectivity index (χ3v) is 16.4. The monoisotopic (exact) mass is 763 g/mol. The van der Waals surface area contributed by atoms with Gasteiger partial charge in [-0.3, -0.25) is 4.90 Å². The molecule has 12 nitrogen and oxygen atoms in total. The Kier molecular flexibility index (Phi) is 8.48. The SMILES string of the molecule is COc1cc(C(=O)O[C@H]2CC[C@@]3(C)[C@@H]4CC[C@H]5[C@]6(O)C[C@H](O)[C@@]7(O)[C@@H](CN8C[C@@H](C)CC[C@H]8[C@@]7(C)O)[C@]6(O)C[C@@]53OC[C@@]24O)ccc1OCc1ccccc1. The number of hydrogen-bond donors (Lipinski definition) is 6. The largest absolute Gasteiger partial charge is 0.493 e. The molecule has 7 fully saturated rings. The number of esters is 1. The number of aliphatic hydroxyl groups is 6. The average Bonchev–Trinajstić information content (AvgIpc) is 3.35. The van der Waals surface area contributed by atoms with E-state index in [2.05, 4.69) is 18.7 Å². The summed E-state index contributed by atoms with van der Waals surface area (Å²) in [7, 11) is 1.50. The number of nitrogens with zero attached hydrogens (tertiary/aromatic N) is 1. The minimum Gasteiger partial charge on any atom is -0.493 e. The van der Waals surface area contributed by atoms with Crippen LogP contribution in [0.5, 0.6) is 11.5 Å². The third-order valence-electron chi connectivity index (χ3n) is 16.4. The molecule has 3 saturated heterocycles. The summed E-state index contributed by atoms with van der Waals surface area (Å²) in [4.78, 5) is 15.9. The number of rotatable bonds is 6. The molecule has 14 atom stereocenters. The summed E-state index contributed by atoms with van der Waals surface area (Å²) in [5, 5.41) is 75.2. The summed E-state index contributed by atoms with van der Waals surface area (Å²) in [5.74, 6) is -1.46. The maximum absolute atomic E-state index is 13.7. The molecule has 0 unspecified atom stereocenters. The van der Waals surface area contributed by atoms with Crippen molar-refractivity contribution in [3.05, 3.63) is 59.7 Å². The Morgan fingerprint density at radius 1 is 0.891 bits per heavy atom. The maximum Gasteiger partial charge on any atom is 0.338 e. The molecule has 55 heavy (non-hydrogen) atoms. The van der Waals surface area contributed by atoms with E-state index in [-0.39, 0.29) is 31.6 Å². The lowest BCUT2D eigenvalue weighted by Crippen LogP contribution is -2.85. The molecule has 0 radical (unpaired) electrons. The summed E-state index contributed by atoms with van der Waals surface area (Å²) < 4.78 is 24.5. The number of ether oxygens (including phenoxy) is 4. The minimum atomic E-state index is -2.07. The van der Waals surface area contributed by atoms with E-state index in [1.165, 1.54) is 7.11 Å². The van der Waals surface area contributed by atoms with Crippen molar-refractivity contribution < 1.29 is 54.4 Å². The van der Waals surface area contributed by atoms with Crippen LogP contribution in [-0.4, -0.2) is 120 Å². The first-order chi connectivity index (χ1) is 26.0. The Hall–Kier alpha value is -2.81. The zero-order valence-corrected chi connectivity index (χ0v) is 32.3. The van der Waals surface area contributed by atoms with E-state index in [0.29, 0.717) is 62.7 Å². The van der Waals surface area contributed by atoms with E-state index in [9.17, 15) is 35.4 Å². The molecule has 9 rings (SSSR count). The van der Waals surface area contributed by atoms with E-state index >= 15 is 0 Å². The smallest absolute Gasteiger partial charge is 0.338 e. The van der Waals surface area contributed by atoms with Crippen molar-refractivity contribution in [1.82, 2.24) is 4.90 Å². The van der Waals surface area contributed by atoms with Gasteiger partial charge < -0.3 is 49.6 Å². The fourth-order valence-electron chi connectivity index (χ4n) is 13.6. The summed E-state index contributed by atoms with van der Waals surface area (Å²) in [6, 6.07) is 14.2. The average molecular weight is 764 g/mol. The summed E-state index contributed by atoms with van der Waals surface area (Å²) in [6.45, 7) is 6.82. The van der Waals surface area contributed by atoms with Gasteiger partial charge in [-0.1, -0.05) is 44.2 Å². The van der Waals surface area contributed by atoms with Gasteiger partial charge >= 0.3 is 5.97 Å². The Morgan fingerprint density at radius 2 is 1.64 bits per heavy atom. The molecule has 0 amide bonds. The van der Waals surface area contributed by atoms with Crippen LogP contribution in [0.4, 0.5) is 0 Å². The second-order valence-electron chi connectivity index (χ2n) is 18.8. The Bertz CT molecular complexity index is 1840. The van der Waals surface area contributed by atoms with Crippen molar-refractivity contribution in [3.63, 3.8) is 0 Å². The van der Waals surface area contributed by atoms with Crippen LogP contribution in [0.25, 0.3) is 0 Å². The van der Waals surface area contributed by atoms with Gasteiger partial charge in [0.2, 0.25) is 0 Å². The number of piperidine rings is 2. The van der Waals surface area contributed by atoms with Crippen molar-refractivity contribution in [3.8, 4) is 11.5 Å². The number of aliphatic hydroxyl groups excluding tert-OH is 1. The van der Waals surface area contributed by atoms with Gasteiger partial charge in [0.25, 0.3) is 0 Å². The van der Waals surface area contributed by atoms with Crippen LogP contribution in [0.2, 0.25) is 0 Å². The first-order valence-corrected chi connectivity index (χ1v) is 20.2. The van der Waals surface area contributed by atoms with Crippen LogP contribution < -0.4 is 9.47 Å². The zero-order chi connectivity index (χ0) is 39.0. The molecule has 4 saturated carbocycles. The molecule has 300 valence electrons. The van der Waals surface area contributed by atoms with Crippen molar-refractivity contribution >= 4 is 5.97 Å². The molecule has 3 heterocycles. The predicted molar refractivity (Wildman–Crippen MR) is 198 cm³/mol. The maximum atomic E-state index is 13.7. The highest BCUT2D eigenvalue weighted by Crippen LogP contribution is 2.75. The predicted octanol–water partition coefficient (Wildman–Crippen LogP) is 2.97. The van der Waals surface area contributed by atoms with Crippen LogP contribution in [0.3, 0.4) is 0 Å². The van der Waals surface area contributed by atoms with Crippen molar-refractivity contribution in [1.29, 1.82) is 0 Å². The third kappa shape index (κ3) is 4.83. The van der Waals surface area contributed by atoms with Crippen LogP contribution >= 0.6 is 0 Å². The van der Waals surface area contributed by atoms with E-state index in [1.807, 2.05) is 30.3 Å². The van der Waals surface area contributed by atoms with Crippen LogP contribution in [0.15, 0.2) is 48.5 Å². The van der Waals surface area contributed by atoms with E-state index in [0.717, 1.165) is 12.0 Å². The summed E-state index contributed by atoms with van der Waals surface area (Å²) in [5.41, 5.74) is -9.71. The molecular weight excluding hydrogens is 706 g/mol. The molecule has 4 bridgehead atoms. The summed E-state index contributed by atoms with van der Waals surface area (Å²) in [6.07, 6.45) is 0.526. The molecule has 0 aromatic heterocycles. The van der Waals surface area contributed by atoms with Gasteiger partial charge in [0.1, 0.15) is 40.7 Å². The highest BCUT2D eigenvalue weighted by atomic mass is 16.6. The highest BCUT2D eigenvalue weighted by molar-refractivity contribution is 5.90. The summed E-state index contributed by atoms with van der Waals surface area (Å²) >= 11 is 0. The Labute approximate surface area is 322 Å². The Balaban J connectivity index is 0.982. The van der Waals surface area contributed by atoms with Crippen molar-refractivity contribution in [2.24, 2.45) is 29.1 Å². The lowest BCUT2D eigenvalue weighted by molar-refractivity contribution is -0.357. The van der Waals surface area contributed by atoms with Gasteiger partial charge in [-0.2, -0.15) is 0 Å². The number of carbonyl (C=O) groups excluding carboxylic acids is 1. The number of hydrogen-bond acceptors (Lipinski definition) is 12. The molecule has 2 aromatic carbocycles. The van der Waals surface area contributed by atoms with Gasteiger partial charge in [0.05, 0.1) is 31.0 Å². The van der Waals surface area contributed by atoms with Gasteiger partial charge in [0, 0.05) is 55.1 Å². The second kappa shape index (κ2) is 12.3. The van der Waals surface area contributed by atoms with Crippen molar-refractivity contribution in [2.75, 3.05) is 26.8 Å². The molecule has 6 N–H and O–H groups in total. The molecular formula is C43H57NO11. The van der Waals surface area contributed by atoms with Gasteiger partial charge in [0.15, 0.2) is 11.5 Å². The number of carbonyl (C=O) groups is 1. The fraction of sp³-hybridized carbons (Fsp3) is 0.698. The quantitative estimate of drug-likeness (QED) is 0.238. The van der Waals surface area contributed by atoms with Crippen LogP contribution in [-0.2, 0) is 16.1 Å². The fourth-order valence-corrected chi connectivity index (χ4v) is 13.6. The van der Waals surface area contributed by atoms with E-state index < -0.39 is 81.0 Å². The lowest BCUT2D eigenvalue weighted by Gasteiger charge is -2.69. The normalized spacial score (nSPS) is 48.4. The van der Waals surface area contributed by atoms with Gasteiger partial charge in [-0.25, -0.2) is 4.79 Å². The van der Waals surface area contributed by atoms with Crippen LogP contribution in [0.1, 0.15) is 88.1 Å². The first-order valence-electron chi connectivity index (χ1n) is 20.2. The molecule has 7 aliphatic rings. The number of fused-ring (bicyclic) bond motifs is 5. The van der Waals surface area contributed by atoms with E-state index in [4.69, 9.17) is 18.9 Å². The zero-order valence-electron chi connectivity index (χ0n) is 32.3. The van der Waals surface area contributed by atoms with Gasteiger partial charge in [-0.05, 0) is 75.1 Å². The Morgan fingerprint density at radius 3 is 2.38 bits per heavy atom. The first kappa shape index (κ1) is 37.7. The molecule has 1 spiro atoms. The molecule has 2 aromatic rings.